The fraction of sp³-hybridized carbons (Fsp3) is 0.478. The van der Waals surface area contributed by atoms with Crippen LogP contribution in [0.5, 0.6) is 5.75 Å². The van der Waals surface area contributed by atoms with Crippen molar-refractivity contribution in [1.82, 2.24) is 15.6 Å². The number of aromatic nitrogens is 1. The molecule has 1 aliphatic heterocycles. The van der Waals surface area contributed by atoms with E-state index in [1.807, 2.05) is 24.4 Å². The summed E-state index contributed by atoms with van der Waals surface area (Å²) in [5, 5.41) is 6.68. The first-order chi connectivity index (χ1) is 14.2. The number of nitrogens with one attached hydrogen (secondary N) is 2. The molecule has 2 N–H and O–H groups in total. The van der Waals surface area contributed by atoms with E-state index in [0.29, 0.717) is 13.1 Å². The Morgan fingerprint density at radius 3 is 2.69 bits per heavy atom. The highest BCUT2D eigenvalue weighted by Crippen LogP contribution is 2.21. The number of piperidine rings is 1. The minimum atomic E-state index is 0.595. The maximum absolute atomic E-state index is 5.29. The molecular formula is C23H33N5O. The summed E-state index contributed by atoms with van der Waals surface area (Å²) in [6, 6.07) is 12.3. The number of hydrogen-bond acceptors (Lipinski definition) is 4. The van der Waals surface area contributed by atoms with E-state index in [1.54, 1.807) is 7.11 Å². The van der Waals surface area contributed by atoms with E-state index in [2.05, 4.69) is 52.6 Å². The van der Waals surface area contributed by atoms with Crippen LogP contribution >= 0.6 is 0 Å². The SMILES string of the molecule is CCNC(=NCc1ccc(N2CCC(C)CC2)nc1)NCc1cccc(OC)c1. The summed E-state index contributed by atoms with van der Waals surface area (Å²) in [4.78, 5) is 11.8. The van der Waals surface area contributed by atoms with Crippen molar-refractivity contribution >= 4 is 11.8 Å². The monoisotopic (exact) mass is 395 g/mol. The van der Waals surface area contributed by atoms with E-state index in [-0.39, 0.29) is 0 Å². The Kier molecular flexibility index (Phi) is 7.73. The molecule has 29 heavy (non-hydrogen) atoms. The summed E-state index contributed by atoms with van der Waals surface area (Å²) in [6.45, 7) is 8.70. The van der Waals surface area contributed by atoms with E-state index in [4.69, 9.17) is 9.73 Å². The van der Waals surface area contributed by atoms with Crippen molar-refractivity contribution in [3.63, 3.8) is 0 Å². The predicted molar refractivity (Wildman–Crippen MR) is 119 cm³/mol. The molecule has 6 heteroatoms. The fourth-order valence-electron chi connectivity index (χ4n) is 3.42. The molecule has 2 aromatic rings. The van der Waals surface area contributed by atoms with Crippen LogP contribution < -0.4 is 20.3 Å². The standard InChI is InChI=1S/C23H33N5O/c1-4-24-23(26-15-19-6-5-7-21(14-19)29-3)27-17-20-8-9-22(25-16-20)28-12-10-18(2)11-13-28/h5-9,14,16,18H,4,10-13,15,17H2,1-3H3,(H2,24,26,27). The molecule has 1 saturated heterocycles. The second-order valence-electron chi connectivity index (χ2n) is 7.59. The maximum atomic E-state index is 5.29. The van der Waals surface area contributed by atoms with Gasteiger partial charge in [0.2, 0.25) is 0 Å². The highest BCUT2D eigenvalue weighted by Gasteiger charge is 2.16. The first kappa shape index (κ1) is 21.0. The molecule has 3 rings (SSSR count). The Morgan fingerprint density at radius 1 is 1.17 bits per heavy atom. The molecule has 0 bridgehead atoms. The first-order valence-corrected chi connectivity index (χ1v) is 10.5. The highest BCUT2D eigenvalue weighted by molar-refractivity contribution is 5.79. The van der Waals surface area contributed by atoms with Gasteiger partial charge in [-0.25, -0.2) is 9.98 Å². The summed E-state index contributed by atoms with van der Waals surface area (Å²) in [6.07, 6.45) is 4.44. The third-order valence-corrected chi connectivity index (χ3v) is 5.27. The van der Waals surface area contributed by atoms with Gasteiger partial charge >= 0.3 is 0 Å². The van der Waals surface area contributed by atoms with Gasteiger partial charge in [0.05, 0.1) is 13.7 Å². The highest BCUT2D eigenvalue weighted by atomic mass is 16.5. The first-order valence-electron chi connectivity index (χ1n) is 10.5. The lowest BCUT2D eigenvalue weighted by atomic mass is 9.99. The zero-order valence-corrected chi connectivity index (χ0v) is 17.8. The van der Waals surface area contributed by atoms with E-state index in [9.17, 15) is 0 Å². The van der Waals surface area contributed by atoms with Gasteiger partial charge in [0.1, 0.15) is 11.6 Å². The van der Waals surface area contributed by atoms with Crippen molar-refractivity contribution < 1.29 is 4.74 Å². The summed E-state index contributed by atoms with van der Waals surface area (Å²) < 4.78 is 5.29. The van der Waals surface area contributed by atoms with Gasteiger partial charge < -0.3 is 20.3 Å². The summed E-state index contributed by atoms with van der Waals surface area (Å²) >= 11 is 0. The molecule has 0 unspecified atom stereocenters. The summed E-state index contributed by atoms with van der Waals surface area (Å²) in [5.41, 5.74) is 2.26. The van der Waals surface area contributed by atoms with Gasteiger partial charge in [-0.05, 0) is 55.0 Å². The second-order valence-corrected chi connectivity index (χ2v) is 7.59. The number of hydrogen-bond donors (Lipinski definition) is 2. The number of aliphatic imine (C=N–C) groups is 1. The molecule has 156 valence electrons. The molecule has 0 spiro atoms. The Balaban J connectivity index is 1.56. The Morgan fingerprint density at radius 2 is 2.00 bits per heavy atom. The van der Waals surface area contributed by atoms with E-state index in [1.165, 1.54) is 12.8 Å². The van der Waals surface area contributed by atoms with Crippen molar-refractivity contribution in [2.45, 2.75) is 39.8 Å². The average Bonchev–Trinajstić information content (AvgIpc) is 2.77. The minimum Gasteiger partial charge on any atom is -0.497 e. The van der Waals surface area contributed by atoms with Gasteiger partial charge in [-0.2, -0.15) is 0 Å². The molecule has 0 aliphatic carbocycles. The van der Waals surface area contributed by atoms with Crippen molar-refractivity contribution in [1.29, 1.82) is 0 Å². The number of rotatable bonds is 7. The van der Waals surface area contributed by atoms with Crippen molar-refractivity contribution in [2.75, 3.05) is 31.6 Å². The van der Waals surface area contributed by atoms with Crippen LogP contribution in [0.4, 0.5) is 5.82 Å². The van der Waals surface area contributed by atoms with Crippen LogP contribution in [0.25, 0.3) is 0 Å². The third-order valence-electron chi connectivity index (χ3n) is 5.27. The number of anilines is 1. The van der Waals surface area contributed by atoms with Gasteiger partial charge in [0, 0.05) is 32.4 Å². The smallest absolute Gasteiger partial charge is 0.191 e. The lowest BCUT2D eigenvalue weighted by molar-refractivity contribution is 0.414. The van der Waals surface area contributed by atoms with Crippen LogP contribution in [0, 0.1) is 5.92 Å². The Labute approximate surface area is 174 Å². The normalized spacial score (nSPS) is 15.3. The number of ether oxygens (including phenoxy) is 1. The number of benzene rings is 1. The van der Waals surface area contributed by atoms with Crippen LogP contribution in [-0.4, -0.2) is 37.7 Å². The van der Waals surface area contributed by atoms with Crippen molar-refractivity contribution in [3.05, 3.63) is 53.7 Å². The largest absolute Gasteiger partial charge is 0.497 e. The number of nitrogens with zero attached hydrogens (tertiary/aromatic N) is 3. The quantitative estimate of drug-likeness (QED) is 0.554. The second kappa shape index (κ2) is 10.7. The topological polar surface area (TPSA) is 61.8 Å². The molecule has 0 radical (unpaired) electrons. The van der Waals surface area contributed by atoms with Crippen molar-refractivity contribution in [2.24, 2.45) is 10.9 Å². The van der Waals surface area contributed by atoms with Gasteiger partial charge in [0.25, 0.3) is 0 Å². The fourth-order valence-corrected chi connectivity index (χ4v) is 3.42. The molecule has 0 atom stereocenters. The molecule has 2 heterocycles. The zero-order chi connectivity index (χ0) is 20.5. The van der Waals surface area contributed by atoms with Crippen LogP contribution in [-0.2, 0) is 13.1 Å². The van der Waals surface area contributed by atoms with Gasteiger partial charge in [0.15, 0.2) is 5.96 Å². The lowest BCUT2D eigenvalue weighted by Gasteiger charge is -2.31. The number of guanidine groups is 1. The molecule has 6 nitrogen and oxygen atoms in total. The molecule has 1 aromatic carbocycles. The van der Waals surface area contributed by atoms with Crippen LogP contribution in [0.1, 0.15) is 37.8 Å². The number of pyridine rings is 1. The number of methoxy groups -OCH3 is 1. The maximum Gasteiger partial charge on any atom is 0.191 e. The van der Waals surface area contributed by atoms with Crippen LogP contribution in [0.2, 0.25) is 0 Å². The third kappa shape index (κ3) is 6.38. The van der Waals surface area contributed by atoms with E-state index < -0.39 is 0 Å². The molecular weight excluding hydrogens is 362 g/mol. The average molecular weight is 396 g/mol. The lowest BCUT2D eigenvalue weighted by Crippen LogP contribution is -2.36. The van der Waals surface area contributed by atoms with Gasteiger partial charge in [-0.3, -0.25) is 0 Å². The predicted octanol–water partition coefficient (Wildman–Crippen LogP) is 3.58. The van der Waals surface area contributed by atoms with E-state index >= 15 is 0 Å². The zero-order valence-electron chi connectivity index (χ0n) is 17.8. The molecule has 0 amide bonds. The summed E-state index contributed by atoms with van der Waals surface area (Å²) in [7, 11) is 1.68. The Bertz CT molecular complexity index is 782. The molecule has 1 aliphatic rings. The van der Waals surface area contributed by atoms with Crippen LogP contribution in [0.15, 0.2) is 47.6 Å². The molecule has 0 saturated carbocycles. The summed E-state index contributed by atoms with van der Waals surface area (Å²) in [5.74, 6) is 3.56. The van der Waals surface area contributed by atoms with Gasteiger partial charge in [-0.15, -0.1) is 0 Å². The van der Waals surface area contributed by atoms with Crippen molar-refractivity contribution in [3.8, 4) is 5.75 Å². The van der Waals surface area contributed by atoms with E-state index in [0.717, 1.165) is 54.2 Å². The van der Waals surface area contributed by atoms with Gasteiger partial charge in [-0.1, -0.05) is 25.1 Å². The minimum absolute atomic E-state index is 0.595. The molecule has 1 fully saturated rings. The Hall–Kier alpha value is -2.76. The van der Waals surface area contributed by atoms with Crippen LogP contribution in [0.3, 0.4) is 0 Å². The molecule has 1 aromatic heterocycles.